The standard InChI is InChI=1S/C16H28N2O/c1-3-6-14-17-16(9-4-5-10-16)15(19)18(14)11-12(2)13-7-8-13/h12-14,17H,3-11H2,1-2H3. The van der Waals surface area contributed by atoms with Gasteiger partial charge in [0.25, 0.3) is 0 Å². The molecule has 1 saturated heterocycles. The molecule has 2 aliphatic carbocycles. The van der Waals surface area contributed by atoms with E-state index < -0.39 is 0 Å². The third kappa shape index (κ3) is 2.42. The normalized spacial score (nSPS) is 31.4. The van der Waals surface area contributed by atoms with E-state index in [9.17, 15) is 4.79 Å². The van der Waals surface area contributed by atoms with Gasteiger partial charge in [0, 0.05) is 6.54 Å². The predicted molar refractivity (Wildman–Crippen MR) is 76.6 cm³/mol. The van der Waals surface area contributed by atoms with Crippen molar-refractivity contribution in [3.8, 4) is 0 Å². The summed E-state index contributed by atoms with van der Waals surface area (Å²) in [5, 5.41) is 3.71. The third-order valence-corrected chi connectivity index (χ3v) is 5.42. The summed E-state index contributed by atoms with van der Waals surface area (Å²) in [6.45, 7) is 5.52. The molecule has 0 bridgehead atoms. The molecule has 0 aromatic carbocycles. The van der Waals surface area contributed by atoms with Gasteiger partial charge in [-0.1, -0.05) is 33.1 Å². The van der Waals surface area contributed by atoms with Crippen molar-refractivity contribution in [1.82, 2.24) is 10.2 Å². The van der Waals surface area contributed by atoms with E-state index in [4.69, 9.17) is 0 Å². The topological polar surface area (TPSA) is 32.3 Å². The van der Waals surface area contributed by atoms with Crippen LogP contribution in [0.4, 0.5) is 0 Å². The predicted octanol–water partition coefficient (Wildman–Crippen LogP) is 2.90. The molecule has 3 aliphatic rings. The molecule has 1 spiro atoms. The molecule has 2 atom stereocenters. The number of amides is 1. The second-order valence-corrected chi connectivity index (χ2v) is 7.01. The molecule has 3 rings (SSSR count). The molecule has 1 aliphatic heterocycles. The average Bonchev–Trinajstić information content (AvgIpc) is 3.10. The van der Waals surface area contributed by atoms with E-state index in [0.717, 1.165) is 38.1 Å². The third-order valence-electron chi connectivity index (χ3n) is 5.42. The minimum atomic E-state index is -0.177. The molecule has 1 heterocycles. The van der Waals surface area contributed by atoms with Crippen molar-refractivity contribution in [1.29, 1.82) is 0 Å². The first-order valence-corrected chi connectivity index (χ1v) is 8.25. The number of hydrogen-bond acceptors (Lipinski definition) is 2. The van der Waals surface area contributed by atoms with Crippen LogP contribution < -0.4 is 5.32 Å². The van der Waals surface area contributed by atoms with Crippen molar-refractivity contribution in [2.75, 3.05) is 6.54 Å². The number of nitrogens with zero attached hydrogens (tertiary/aromatic N) is 1. The highest BCUT2D eigenvalue weighted by atomic mass is 16.2. The monoisotopic (exact) mass is 264 g/mol. The van der Waals surface area contributed by atoms with E-state index in [0.29, 0.717) is 18.0 Å². The van der Waals surface area contributed by atoms with Gasteiger partial charge in [-0.3, -0.25) is 10.1 Å². The summed E-state index contributed by atoms with van der Waals surface area (Å²) in [7, 11) is 0. The molecule has 0 aromatic heterocycles. The quantitative estimate of drug-likeness (QED) is 0.828. The average molecular weight is 264 g/mol. The molecule has 2 saturated carbocycles. The largest absolute Gasteiger partial charge is 0.325 e. The van der Waals surface area contributed by atoms with Gasteiger partial charge < -0.3 is 4.90 Å². The minimum Gasteiger partial charge on any atom is -0.325 e. The van der Waals surface area contributed by atoms with Gasteiger partial charge in [-0.15, -0.1) is 0 Å². The fourth-order valence-electron chi connectivity index (χ4n) is 4.05. The molecule has 3 nitrogen and oxygen atoms in total. The van der Waals surface area contributed by atoms with Crippen LogP contribution in [0.2, 0.25) is 0 Å². The Morgan fingerprint density at radius 3 is 2.63 bits per heavy atom. The lowest BCUT2D eigenvalue weighted by Crippen LogP contribution is -2.44. The summed E-state index contributed by atoms with van der Waals surface area (Å²) in [6.07, 6.45) is 9.84. The van der Waals surface area contributed by atoms with Gasteiger partial charge in [0.05, 0.1) is 11.7 Å². The Morgan fingerprint density at radius 2 is 2.05 bits per heavy atom. The SMILES string of the molecule is CCCC1NC2(CCCC2)C(=O)N1CC(C)C1CC1. The molecule has 108 valence electrons. The van der Waals surface area contributed by atoms with Crippen LogP contribution in [0, 0.1) is 11.8 Å². The van der Waals surface area contributed by atoms with E-state index in [2.05, 4.69) is 24.1 Å². The van der Waals surface area contributed by atoms with Crippen LogP contribution in [0.25, 0.3) is 0 Å². The lowest BCUT2D eigenvalue weighted by Gasteiger charge is -2.27. The van der Waals surface area contributed by atoms with Crippen molar-refractivity contribution < 1.29 is 4.79 Å². The molecule has 3 heteroatoms. The molecule has 19 heavy (non-hydrogen) atoms. The van der Waals surface area contributed by atoms with Crippen molar-refractivity contribution in [3.63, 3.8) is 0 Å². The molecule has 0 radical (unpaired) electrons. The lowest BCUT2D eigenvalue weighted by atomic mass is 9.97. The van der Waals surface area contributed by atoms with Crippen LogP contribution in [-0.4, -0.2) is 29.1 Å². The van der Waals surface area contributed by atoms with E-state index in [1.165, 1.54) is 25.7 Å². The van der Waals surface area contributed by atoms with Crippen LogP contribution in [0.15, 0.2) is 0 Å². The number of hydrogen-bond donors (Lipinski definition) is 1. The van der Waals surface area contributed by atoms with Gasteiger partial charge >= 0.3 is 0 Å². The second kappa shape index (κ2) is 5.08. The highest BCUT2D eigenvalue weighted by Crippen LogP contribution is 2.40. The van der Waals surface area contributed by atoms with Crippen molar-refractivity contribution >= 4 is 5.91 Å². The molecule has 0 aromatic rings. The highest BCUT2D eigenvalue weighted by molar-refractivity contribution is 5.89. The summed E-state index contributed by atoms with van der Waals surface area (Å²) >= 11 is 0. The van der Waals surface area contributed by atoms with Crippen molar-refractivity contribution in [2.24, 2.45) is 11.8 Å². The maximum Gasteiger partial charge on any atom is 0.244 e. The minimum absolute atomic E-state index is 0.177. The summed E-state index contributed by atoms with van der Waals surface area (Å²) in [4.78, 5) is 15.0. The Labute approximate surface area is 117 Å². The van der Waals surface area contributed by atoms with Gasteiger partial charge in [0.1, 0.15) is 0 Å². The van der Waals surface area contributed by atoms with Crippen LogP contribution in [0.1, 0.15) is 65.2 Å². The summed E-state index contributed by atoms with van der Waals surface area (Å²) in [6, 6.07) is 0. The molecule has 3 fully saturated rings. The van der Waals surface area contributed by atoms with Crippen molar-refractivity contribution in [2.45, 2.75) is 76.9 Å². The van der Waals surface area contributed by atoms with Gasteiger partial charge in [0.15, 0.2) is 0 Å². The first-order chi connectivity index (χ1) is 9.16. The maximum atomic E-state index is 12.9. The first kappa shape index (κ1) is 13.4. The first-order valence-electron chi connectivity index (χ1n) is 8.25. The zero-order valence-electron chi connectivity index (χ0n) is 12.5. The fraction of sp³-hybridized carbons (Fsp3) is 0.938. The lowest BCUT2D eigenvalue weighted by molar-refractivity contribution is -0.133. The number of rotatable bonds is 5. The Morgan fingerprint density at radius 1 is 1.37 bits per heavy atom. The van der Waals surface area contributed by atoms with E-state index in [1.807, 2.05) is 0 Å². The van der Waals surface area contributed by atoms with Gasteiger partial charge in [0.2, 0.25) is 5.91 Å². The van der Waals surface area contributed by atoms with Gasteiger partial charge in [-0.25, -0.2) is 0 Å². The zero-order chi connectivity index (χ0) is 13.5. The van der Waals surface area contributed by atoms with Crippen LogP contribution in [0.3, 0.4) is 0 Å². The Kier molecular flexibility index (Phi) is 3.59. The Hall–Kier alpha value is -0.570. The highest BCUT2D eigenvalue weighted by Gasteiger charge is 2.52. The smallest absolute Gasteiger partial charge is 0.244 e. The summed E-state index contributed by atoms with van der Waals surface area (Å²) < 4.78 is 0. The summed E-state index contributed by atoms with van der Waals surface area (Å²) in [5.41, 5.74) is -0.177. The van der Waals surface area contributed by atoms with Crippen LogP contribution in [0.5, 0.6) is 0 Å². The van der Waals surface area contributed by atoms with Gasteiger partial charge in [-0.2, -0.15) is 0 Å². The van der Waals surface area contributed by atoms with Gasteiger partial charge in [-0.05, 0) is 43.9 Å². The maximum absolute atomic E-state index is 12.9. The van der Waals surface area contributed by atoms with E-state index >= 15 is 0 Å². The molecular weight excluding hydrogens is 236 g/mol. The van der Waals surface area contributed by atoms with Crippen LogP contribution >= 0.6 is 0 Å². The number of carbonyl (C=O) groups excluding carboxylic acids is 1. The van der Waals surface area contributed by atoms with Crippen molar-refractivity contribution in [3.05, 3.63) is 0 Å². The molecule has 1 amide bonds. The molecular formula is C16H28N2O. The van der Waals surface area contributed by atoms with E-state index in [1.54, 1.807) is 0 Å². The van der Waals surface area contributed by atoms with E-state index in [-0.39, 0.29) is 5.54 Å². The summed E-state index contributed by atoms with van der Waals surface area (Å²) in [5.74, 6) is 1.98. The Bertz CT molecular complexity index is 345. The molecule has 2 unspecified atom stereocenters. The number of nitrogens with one attached hydrogen (secondary N) is 1. The second-order valence-electron chi connectivity index (χ2n) is 7.01. The molecule has 1 N–H and O–H groups in total. The van der Waals surface area contributed by atoms with Crippen LogP contribution in [-0.2, 0) is 4.79 Å². The Balaban J connectivity index is 1.72. The zero-order valence-corrected chi connectivity index (χ0v) is 12.5. The fourth-order valence-corrected chi connectivity index (χ4v) is 4.05. The number of carbonyl (C=O) groups is 1.